The van der Waals surface area contributed by atoms with Crippen molar-refractivity contribution in [2.24, 2.45) is 5.41 Å². The summed E-state index contributed by atoms with van der Waals surface area (Å²) in [5, 5.41) is 0. The minimum atomic E-state index is -0.0777. The topological polar surface area (TPSA) is 71.7 Å². The Hall–Kier alpha value is -2.41. The Morgan fingerprint density at radius 1 is 1.24 bits per heavy atom. The summed E-state index contributed by atoms with van der Waals surface area (Å²) < 4.78 is 11.0. The van der Waals surface area contributed by atoms with E-state index >= 15 is 0 Å². The molecule has 0 unspecified atom stereocenters. The van der Waals surface area contributed by atoms with Gasteiger partial charge >= 0.3 is 0 Å². The largest absolute Gasteiger partial charge is 0.472 e. The Kier molecular flexibility index (Phi) is 4.40. The van der Waals surface area contributed by atoms with Crippen molar-refractivity contribution in [1.82, 2.24) is 14.9 Å². The first-order valence-corrected chi connectivity index (χ1v) is 8.66. The van der Waals surface area contributed by atoms with Crippen molar-refractivity contribution in [3.63, 3.8) is 0 Å². The number of hydrogen-bond donors (Lipinski definition) is 0. The predicted octanol–water partition coefficient (Wildman–Crippen LogP) is 1.83. The van der Waals surface area contributed by atoms with Gasteiger partial charge in [-0.3, -0.25) is 9.78 Å². The van der Waals surface area contributed by atoms with Gasteiger partial charge in [0.2, 0.25) is 0 Å². The molecule has 4 heterocycles. The number of hydrogen-bond acceptors (Lipinski definition) is 6. The smallest absolute Gasteiger partial charge is 0.257 e. The van der Waals surface area contributed by atoms with Crippen LogP contribution in [0.25, 0.3) is 0 Å². The van der Waals surface area contributed by atoms with Crippen LogP contribution in [0.2, 0.25) is 0 Å². The number of amides is 1. The third kappa shape index (κ3) is 3.37. The Morgan fingerprint density at radius 2 is 2.20 bits per heavy atom. The number of likely N-dealkylation sites (tertiary alicyclic amines) is 1. The first-order valence-electron chi connectivity index (χ1n) is 8.66. The molecular weight excluding hydrogens is 320 g/mol. The highest BCUT2D eigenvalue weighted by Gasteiger charge is 2.40. The molecule has 7 nitrogen and oxygen atoms in total. The van der Waals surface area contributed by atoms with Gasteiger partial charge in [-0.25, -0.2) is 4.98 Å². The SMILES string of the molecule is O=C(c1ccoc1)N1CCC[C@]2(COCCN(c3cnccn3)C2)C1. The molecule has 132 valence electrons. The van der Waals surface area contributed by atoms with Crippen LogP contribution in [0.1, 0.15) is 23.2 Å². The summed E-state index contributed by atoms with van der Waals surface area (Å²) in [4.78, 5) is 25.5. The van der Waals surface area contributed by atoms with Crippen molar-refractivity contribution >= 4 is 11.7 Å². The molecule has 0 saturated carbocycles. The number of ether oxygens (including phenoxy) is 1. The average Bonchev–Trinajstić information content (AvgIpc) is 3.12. The molecule has 0 N–H and O–H groups in total. The van der Waals surface area contributed by atoms with E-state index in [2.05, 4.69) is 14.9 Å². The van der Waals surface area contributed by atoms with Crippen molar-refractivity contribution in [3.05, 3.63) is 42.7 Å². The molecule has 2 saturated heterocycles. The van der Waals surface area contributed by atoms with Gasteiger partial charge in [-0.1, -0.05) is 0 Å². The van der Waals surface area contributed by atoms with E-state index in [1.165, 1.54) is 12.5 Å². The van der Waals surface area contributed by atoms with E-state index in [1.54, 1.807) is 24.7 Å². The van der Waals surface area contributed by atoms with Crippen LogP contribution in [-0.4, -0.2) is 60.2 Å². The number of furan rings is 1. The number of anilines is 1. The van der Waals surface area contributed by atoms with Crippen molar-refractivity contribution in [2.75, 3.05) is 44.3 Å². The van der Waals surface area contributed by atoms with Crippen LogP contribution in [0.3, 0.4) is 0 Å². The third-order valence-electron chi connectivity index (χ3n) is 5.03. The standard InChI is InChI=1S/C18H22N4O3/c23-17(15-2-8-24-11-15)22-6-1-3-18(13-22)12-21(7-9-25-14-18)16-10-19-4-5-20-16/h2,4-5,8,10-11H,1,3,6-7,9,12-14H2/t18-/m1/s1. The quantitative estimate of drug-likeness (QED) is 0.829. The minimum absolute atomic E-state index is 0.0307. The van der Waals surface area contributed by atoms with Crippen LogP contribution < -0.4 is 4.90 Å². The van der Waals surface area contributed by atoms with E-state index in [4.69, 9.17) is 9.15 Å². The average molecular weight is 342 g/mol. The van der Waals surface area contributed by atoms with Gasteiger partial charge in [0.1, 0.15) is 12.1 Å². The van der Waals surface area contributed by atoms with E-state index in [0.717, 1.165) is 38.3 Å². The highest BCUT2D eigenvalue weighted by Crippen LogP contribution is 2.34. The lowest BCUT2D eigenvalue weighted by atomic mass is 9.80. The molecule has 4 rings (SSSR count). The summed E-state index contributed by atoms with van der Waals surface area (Å²) in [5.74, 6) is 0.897. The fourth-order valence-electron chi connectivity index (χ4n) is 3.84. The lowest BCUT2D eigenvalue weighted by Crippen LogP contribution is -2.52. The van der Waals surface area contributed by atoms with Gasteiger partial charge in [0, 0.05) is 44.0 Å². The number of piperidine rings is 1. The molecule has 2 aromatic heterocycles. The van der Waals surface area contributed by atoms with Crippen LogP contribution in [0.15, 0.2) is 41.6 Å². The fraction of sp³-hybridized carbons (Fsp3) is 0.500. The van der Waals surface area contributed by atoms with Gasteiger partial charge in [-0.05, 0) is 18.9 Å². The third-order valence-corrected chi connectivity index (χ3v) is 5.03. The molecule has 1 spiro atoms. The second-order valence-corrected chi connectivity index (χ2v) is 6.88. The van der Waals surface area contributed by atoms with E-state index in [1.807, 2.05) is 4.90 Å². The molecule has 0 aromatic carbocycles. The molecule has 2 aliphatic heterocycles. The molecule has 2 fully saturated rings. The van der Waals surface area contributed by atoms with Gasteiger partial charge in [-0.15, -0.1) is 0 Å². The van der Waals surface area contributed by atoms with Gasteiger partial charge in [0.05, 0.1) is 31.2 Å². The van der Waals surface area contributed by atoms with Crippen LogP contribution in [0.4, 0.5) is 5.82 Å². The molecule has 1 atom stereocenters. The second kappa shape index (κ2) is 6.84. The van der Waals surface area contributed by atoms with Crippen molar-refractivity contribution in [3.8, 4) is 0 Å². The van der Waals surface area contributed by atoms with Crippen molar-refractivity contribution in [2.45, 2.75) is 12.8 Å². The van der Waals surface area contributed by atoms with Crippen molar-refractivity contribution < 1.29 is 13.9 Å². The maximum absolute atomic E-state index is 12.7. The Bertz CT molecular complexity index is 706. The zero-order valence-corrected chi connectivity index (χ0v) is 14.1. The lowest BCUT2D eigenvalue weighted by Gasteiger charge is -2.43. The van der Waals surface area contributed by atoms with Crippen LogP contribution in [-0.2, 0) is 4.74 Å². The molecule has 25 heavy (non-hydrogen) atoms. The molecule has 0 aliphatic carbocycles. The van der Waals surface area contributed by atoms with E-state index in [-0.39, 0.29) is 11.3 Å². The van der Waals surface area contributed by atoms with Crippen LogP contribution in [0, 0.1) is 5.41 Å². The Balaban J connectivity index is 1.53. The zero-order valence-electron chi connectivity index (χ0n) is 14.1. The van der Waals surface area contributed by atoms with Gasteiger partial charge < -0.3 is 19.0 Å². The molecular formula is C18H22N4O3. The lowest BCUT2D eigenvalue weighted by molar-refractivity contribution is 0.0135. The van der Waals surface area contributed by atoms with E-state index in [9.17, 15) is 4.79 Å². The highest BCUT2D eigenvalue weighted by molar-refractivity contribution is 5.93. The summed E-state index contributed by atoms with van der Waals surface area (Å²) in [6, 6.07) is 1.72. The number of carbonyl (C=O) groups excluding carboxylic acids is 1. The van der Waals surface area contributed by atoms with Gasteiger partial charge in [0.25, 0.3) is 5.91 Å². The predicted molar refractivity (Wildman–Crippen MR) is 91.3 cm³/mol. The number of nitrogens with zero attached hydrogens (tertiary/aromatic N) is 4. The van der Waals surface area contributed by atoms with Crippen molar-refractivity contribution in [1.29, 1.82) is 0 Å². The molecule has 0 bridgehead atoms. The van der Waals surface area contributed by atoms with Crippen LogP contribution >= 0.6 is 0 Å². The molecule has 2 aromatic rings. The van der Waals surface area contributed by atoms with Crippen LogP contribution in [0.5, 0.6) is 0 Å². The first kappa shape index (κ1) is 16.1. The maximum Gasteiger partial charge on any atom is 0.257 e. The Morgan fingerprint density at radius 3 is 3.00 bits per heavy atom. The Labute approximate surface area is 146 Å². The monoisotopic (exact) mass is 342 g/mol. The number of carbonyl (C=O) groups is 1. The summed E-state index contributed by atoms with van der Waals surface area (Å²) in [5.41, 5.74) is 0.531. The van der Waals surface area contributed by atoms with Gasteiger partial charge in [0.15, 0.2) is 0 Å². The molecule has 2 aliphatic rings. The first-order chi connectivity index (χ1) is 12.3. The number of aromatic nitrogens is 2. The second-order valence-electron chi connectivity index (χ2n) is 6.88. The summed E-state index contributed by atoms with van der Waals surface area (Å²) in [6.07, 6.45) is 10.2. The fourth-order valence-corrected chi connectivity index (χ4v) is 3.84. The van der Waals surface area contributed by atoms with E-state index < -0.39 is 0 Å². The molecule has 7 heteroatoms. The highest BCUT2D eigenvalue weighted by atomic mass is 16.5. The summed E-state index contributed by atoms with van der Waals surface area (Å²) >= 11 is 0. The zero-order chi connectivity index (χ0) is 17.1. The number of rotatable bonds is 2. The van der Waals surface area contributed by atoms with Gasteiger partial charge in [-0.2, -0.15) is 0 Å². The maximum atomic E-state index is 12.7. The molecule has 0 radical (unpaired) electrons. The normalized spacial score (nSPS) is 24.3. The molecule has 1 amide bonds. The minimum Gasteiger partial charge on any atom is -0.472 e. The summed E-state index contributed by atoms with van der Waals surface area (Å²) in [7, 11) is 0. The van der Waals surface area contributed by atoms with E-state index in [0.29, 0.717) is 25.3 Å². The summed E-state index contributed by atoms with van der Waals surface area (Å²) in [6.45, 7) is 4.40.